The largest absolute Gasteiger partial charge is 0.389 e. The van der Waals surface area contributed by atoms with Gasteiger partial charge < -0.3 is 9.84 Å². The van der Waals surface area contributed by atoms with Crippen molar-refractivity contribution in [1.29, 1.82) is 0 Å². The standard InChI is InChI=1S/C19H24O3/c1-12-8-18(21)15-9-17(20)13(2)16(19(12)15)11-22-10-14-6-4-3-5-7-14/h3-7,9,12-13,16-17,19-20H,8,10-11H2,1-2H3/t12-,13-,16-,17+,19+/m0/s1. The Morgan fingerprint density at radius 1 is 1.23 bits per heavy atom. The van der Waals surface area contributed by atoms with E-state index in [1.165, 1.54) is 0 Å². The Morgan fingerprint density at radius 3 is 2.68 bits per heavy atom. The summed E-state index contributed by atoms with van der Waals surface area (Å²) >= 11 is 0. The van der Waals surface area contributed by atoms with Gasteiger partial charge in [-0.3, -0.25) is 4.79 Å². The van der Waals surface area contributed by atoms with Crippen LogP contribution in [-0.4, -0.2) is 23.6 Å². The van der Waals surface area contributed by atoms with Gasteiger partial charge in [0.2, 0.25) is 0 Å². The highest BCUT2D eigenvalue weighted by atomic mass is 16.5. The lowest BCUT2D eigenvalue weighted by molar-refractivity contribution is -0.115. The van der Waals surface area contributed by atoms with E-state index < -0.39 is 6.10 Å². The van der Waals surface area contributed by atoms with E-state index in [0.717, 1.165) is 11.1 Å². The number of ether oxygens (including phenoxy) is 1. The second-order valence-electron chi connectivity index (χ2n) is 6.77. The van der Waals surface area contributed by atoms with E-state index in [4.69, 9.17) is 4.74 Å². The van der Waals surface area contributed by atoms with Crippen LogP contribution in [0.2, 0.25) is 0 Å². The molecule has 2 aliphatic carbocycles. The van der Waals surface area contributed by atoms with E-state index in [0.29, 0.717) is 25.6 Å². The maximum atomic E-state index is 12.1. The van der Waals surface area contributed by atoms with Crippen LogP contribution >= 0.6 is 0 Å². The quantitative estimate of drug-likeness (QED) is 0.930. The topological polar surface area (TPSA) is 46.5 Å². The molecule has 1 fully saturated rings. The predicted molar refractivity (Wildman–Crippen MR) is 85.1 cm³/mol. The van der Waals surface area contributed by atoms with Crippen LogP contribution in [0, 0.1) is 23.7 Å². The minimum Gasteiger partial charge on any atom is -0.389 e. The number of carbonyl (C=O) groups is 1. The molecule has 0 unspecified atom stereocenters. The number of Topliss-reactive ketones (excluding diaryl/α,β-unsaturated/α-hetero) is 1. The summed E-state index contributed by atoms with van der Waals surface area (Å²) in [4.78, 5) is 12.1. The summed E-state index contributed by atoms with van der Waals surface area (Å²) in [5.41, 5.74) is 1.99. The fourth-order valence-electron chi connectivity index (χ4n) is 3.94. The lowest BCUT2D eigenvalue weighted by Gasteiger charge is -2.37. The zero-order valence-electron chi connectivity index (χ0n) is 13.2. The predicted octanol–water partition coefficient (Wildman–Crippen LogP) is 2.98. The lowest BCUT2D eigenvalue weighted by Crippen LogP contribution is -2.39. The average molecular weight is 300 g/mol. The minimum absolute atomic E-state index is 0.123. The molecule has 0 amide bonds. The normalized spacial score (nSPS) is 34.4. The first kappa shape index (κ1) is 15.4. The fourth-order valence-corrected chi connectivity index (χ4v) is 3.94. The minimum atomic E-state index is -0.536. The van der Waals surface area contributed by atoms with Crippen molar-refractivity contribution in [3.05, 3.63) is 47.5 Å². The number of aliphatic hydroxyl groups excluding tert-OH is 1. The van der Waals surface area contributed by atoms with Gasteiger partial charge in [-0.25, -0.2) is 0 Å². The summed E-state index contributed by atoms with van der Waals surface area (Å²) in [6.45, 7) is 5.36. The summed E-state index contributed by atoms with van der Waals surface area (Å²) in [6, 6.07) is 10.1. The van der Waals surface area contributed by atoms with Crippen LogP contribution in [0.5, 0.6) is 0 Å². The Kier molecular flexibility index (Phi) is 4.46. The molecule has 0 heterocycles. The highest BCUT2D eigenvalue weighted by Crippen LogP contribution is 2.46. The highest BCUT2D eigenvalue weighted by Gasteiger charge is 2.46. The second-order valence-corrected chi connectivity index (χ2v) is 6.77. The lowest BCUT2D eigenvalue weighted by atomic mass is 9.70. The van der Waals surface area contributed by atoms with Crippen molar-refractivity contribution in [2.75, 3.05) is 6.61 Å². The van der Waals surface area contributed by atoms with Crippen LogP contribution in [0.1, 0.15) is 25.8 Å². The first-order valence-electron chi connectivity index (χ1n) is 8.12. The maximum absolute atomic E-state index is 12.1. The van der Waals surface area contributed by atoms with Crippen LogP contribution in [0.3, 0.4) is 0 Å². The SMILES string of the molecule is C[C@H]1[C@H](COCc2ccccc2)[C@H]2C(=C[C@H]1O)C(=O)C[C@@H]2C. The van der Waals surface area contributed by atoms with E-state index in [1.54, 1.807) is 6.08 Å². The van der Waals surface area contributed by atoms with E-state index >= 15 is 0 Å². The summed E-state index contributed by atoms with van der Waals surface area (Å²) in [5.74, 6) is 1.12. The van der Waals surface area contributed by atoms with Crippen molar-refractivity contribution < 1.29 is 14.6 Å². The summed E-state index contributed by atoms with van der Waals surface area (Å²) in [7, 11) is 0. The van der Waals surface area contributed by atoms with Crippen LogP contribution < -0.4 is 0 Å². The Bertz CT molecular complexity index is 563. The molecule has 0 spiro atoms. The molecule has 3 nitrogen and oxygen atoms in total. The van der Waals surface area contributed by atoms with Gasteiger partial charge >= 0.3 is 0 Å². The molecule has 1 aromatic rings. The smallest absolute Gasteiger partial charge is 0.159 e. The number of carbonyl (C=O) groups excluding carboxylic acids is 1. The maximum Gasteiger partial charge on any atom is 0.159 e. The molecular weight excluding hydrogens is 276 g/mol. The van der Waals surface area contributed by atoms with Gasteiger partial charge in [0.1, 0.15) is 0 Å². The number of allylic oxidation sites excluding steroid dienone is 1. The summed E-state index contributed by atoms with van der Waals surface area (Å²) < 4.78 is 5.92. The summed E-state index contributed by atoms with van der Waals surface area (Å²) in [5, 5.41) is 10.2. The molecule has 0 saturated heterocycles. The third-order valence-electron chi connectivity index (χ3n) is 5.25. The number of hydrogen-bond acceptors (Lipinski definition) is 3. The van der Waals surface area contributed by atoms with E-state index in [2.05, 4.69) is 13.8 Å². The first-order valence-corrected chi connectivity index (χ1v) is 8.12. The first-order chi connectivity index (χ1) is 10.6. The molecule has 5 atom stereocenters. The highest BCUT2D eigenvalue weighted by molar-refractivity contribution is 5.98. The molecule has 0 aliphatic heterocycles. The van der Waals surface area contributed by atoms with Gasteiger partial charge in [0.05, 0.1) is 19.3 Å². The van der Waals surface area contributed by atoms with Gasteiger partial charge in [0, 0.05) is 6.42 Å². The molecule has 22 heavy (non-hydrogen) atoms. The van der Waals surface area contributed by atoms with Gasteiger partial charge in [0.15, 0.2) is 5.78 Å². The third-order valence-corrected chi connectivity index (χ3v) is 5.25. The molecule has 1 aromatic carbocycles. The van der Waals surface area contributed by atoms with E-state index in [1.807, 2.05) is 30.3 Å². The molecule has 1 saturated carbocycles. The van der Waals surface area contributed by atoms with E-state index in [-0.39, 0.29) is 23.5 Å². The van der Waals surface area contributed by atoms with Crippen molar-refractivity contribution >= 4 is 5.78 Å². The van der Waals surface area contributed by atoms with Gasteiger partial charge in [-0.05, 0) is 40.9 Å². The van der Waals surface area contributed by atoms with Gasteiger partial charge in [-0.1, -0.05) is 44.2 Å². The number of ketones is 1. The molecule has 0 bridgehead atoms. The van der Waals surface area contributed by atoms with Crippen molar-refractivity contribution in [2.24, 2.45) is 23.7 Å². The van der Waals surface area contributed by atoms with Crippen molar-refractivity contribution in [2.45, 2.75) is 33.0 Å². The van der Waals surface area contributed by atoms with Crippen molar-refractivity contribution in [3.63, 3.8) is 0 Å². The van der Waals surface area contributed by atoms with Crippen molar-refractivity contribution in [1.82, 2.24) is 0 Å². The zero-order valence-corrected chi connectivity index (χ0v) is 13.2. The zero-order chi connectivity index (χ0) is 15.7. The Morgan fingerprint density at radius 2 is 1.95 bits per heavy atom. The average Bonchev–Trinajstić information content (AvgIpc) is 2.78. The molecule has 0 radical (unpaired) electrons. The Hall–Kier alpha value is -1.45. The van der Waals surface area contributed by atoms with Gasteiger partial charge in [-0.2, -0.15) is 0 Å². The van der Waals surface area contributed by atoms with Crippen LogP contribution in [0.15, 0.2) is 42.0 Å². The van der Waals surface area contributed by atoms with Gasteiger partial charge in [0.25, 0.3) is 0 Å². The molecule has 3 heteroatoms. The molecule has 3 rings (SSSR count). The molecule has 0 aromatic heterocycles. The van der Waals surface area contributed by atoms with Crippen LogP contribution in [0.25, 0.3) is 0 Å². The fraction of sp³-hybridized carbons (Fsp3) is 0.526. The van der Waals surface area contributed by atoms with Crippen LogP contribution in [-0.2, 0) is 16.1 Å². The molecule has 2 aliphatic rings. The summed E-state index contributed by atoms with van der Waals surface area (Å²) in [6.07, 6.45) is 1.85. The van der Waals surface area contributed by atoms with Crippen molar-refractivity contribution in [3.8, 4) is 0 Å². The monoisotopic (exact) mass is 300 g/mol. The number of rotatable bonds is 4. The molecule has 1 N–H and O–H groups in total. The Labute approximate surface area is 132 Å². The molecular formula is C19H24O3. The number of hydrogen-bond donors (Lipinski definition) is 1. The number of fused-ring (bicyclic) bond motifs is 1. The third kappa shape index (κ3) is 2.88. The van der Waals surface area contributed by atoms with Gasteiger partial charge in [-0.15, -0.1) is 0 Å². The molecule has 118 valence electrons. The van der Waals surface area contributed by atoms with E-state index in [9.17, 15) is 9.90 Å². The number of aliphatic hydroxyl groups is 1. The Balaban J connectivity index is 1.69. The van der Waals surface area contributed by atoms with Crippen LogP contribution in [0.4, 0.5) is 0 Å². The number of benzene rings is 1. The second kappa shape index (κ2) is 6.35.